The fraction of sp³-hybridized carbons (Fsp3) is 0.450. The van der Waals surface area contributed by atoms with Gasteiger partial charge >= 0.3 is 0 Å². The topological polar surface area (TPSA) is 105 Å². The summed E-state index contributed by atoms with van der Waals surface area (Å²) in [5.74, 6) is 0.538. The molecular formula is C20H22N4O4. The number of nitrogens with zero attached hydrogens (tertiary/aromatic N) is 3. The molecule has 2 aliphatic rings. The molecule has 0 saturated carbocycles. The van der Waals surface area contributed by atoms with Crippen LogP contribution in [0.15, 0.2) is 28.8 Å². The molecule has 0 unspecified atom stereocenters. The van der Waals surface area contributed by atoms with Crippen LogP contribution in [0.4, 0.5) is 0 Å². The standard InChI is InChI=1S/C20H22N4O4/c1-13-4-2-5-14(10-13)18-22-16(28-23-18)6-3-7-17(26)24-9-8-20(12-24)11-15(25)21-19(20)27/h2,4-5,10H,3,6-9,11-12H2,1H3,(H,21,25,27)/t20-/m0/s1. The van der Waals surface area contributed by atoms with E-state index in [0.29, 0.717) is 50.5 Å². The van der Waals surface area contributed by atoms with E-state index in [1.165, 1.54) is 0 Å². The van der Waals surface area contributed by atoms with Crippen molar-refractivity contribution < 1.29 is 18.9 Å². The highest BCUT2D eigenvalue weighted by molar-refractivity contribution is 6.06. The minimum absolute atomic E-state index is 0.0116. The Morgan fingerprint density at radius 2 is 2.21 bits per heavy atom. The number of amides is 3. The van der Waals surface area contributed by atoms with E-state index in [-0.39, 0.29) is 24.1 Å². The number of carbonyl (C=O) groups is 3. The van der Waals surface area contributed by atoms with Gasteiger partial charge in [0.05, 0.1) is 5.41 Å². The average Bonchev–Trinajstić information content (AvgIpc) is 3.35. The van der Waals surface area contributed by atoms with E-state index in [1.54, 1.807) is 4.90 Å². The van der Waals surface area contributed by atoms with Crippen molar-refractivity contribution >= 4 is 17.7 Å². The van der Waals surface area contributed by atoms with E-state index >= 15 is 0 Å². The fourth-order valence-electron chi connectivity index (χ4n) is 3.91. The summed E-state index contributed by atoms with van der Waals surface area (Å²) in [4.78, 5) is 42.1. The van der Waals surface area contributed by atoms with E-state index in [0.717, 1.165) is 11.1 Å². The Kier molecular flexibility index (Phi) is 4.70. The van der Waals surface area contributed by atoms with Gasteiger partial charge in [-0.1, -0.05) is 28.9 Å². The van der Waals surface area contributed by atoms with Crippen molar-refractivity contribution in [2.45, 2.75) is 39.0 Å². The van der Waals surface area contributed by atoms with E-state index < -0.39 is 5.41 Å². The lowest BCUT2D eigenvalue weighted by atomic mass is 9.85. The van der Waals surface area contributed by atoms with E-state index in [2.05, 4.69) is 15.5 Å². The molecule has 2 aliphatic heterocycles. The maximum absolute atomic E-state index is 12.5. The molecule has 1 aromatic carbocycles. The lowest BCUT2D eigenvalue weighted by Gasteiger charge is -2.20. The molecule has 2 aromatic rings. The highest BCUT2D eigenvalue weighted by Gasteiger charge is 2.51. The Hall–Kier alpha value is -3.03. The van der Waals surface area contributed by atoms with Gasteiger partial charge in [0.1, 0.15) is 0 Å². The number of likely N-dealkylation sites (tertiary alicyclic amines) is 1. The van der Waals surface area contributed by atoms with Crippen molar-refractivity contribution in [3.63, 3.8) is 0 Å². The van der Waals surface area contributed by atoms with E-state index in [9.17, 15) is 14.4 Å². The van der Waals surface area contributed by atoms with Gasteiger partial charge < -0.3 is 9.42 Å². The molecule has 8 nitrogen and oxygen atoms in total. The Bertz CT molecular complexity index is 938. The third-order valence-electron chi connectivity index (χ3n) is 5.47. The zero-order valence-corrected chi connectivity index (χ0v) is 15.7. The lowest BCUT2D eigenvalue weighted by molar-refractivity contribution is -0.131. The molecule has 3 heterocycles. The highest BCUT2D eigenvalue weighted by Crippen LogP contribution is 2.37. The molecule has 4 rings (SSSR count). The maximum atomic E-state index is 12.5. The van der Waals surface area contributed by atoms with Crippen molar-refractivity contribution in [3.05, 3.63) is 35.7 Å². The van der Waals surface area contributed by atoms with Crippen molar-refractivity contribution in [2.75, 3.05) is 13.1 Å². The minimum Gasteiger partial charge on any atom is -0.342 e. The number of hydrogen-bond acceptors (Lipinski definition) is 6. The molecule has 2 fully saturated rings. The van der Waals surface area contributed by atoms with Crippen LogP contribution in [0.2, 0.25) is 0 Å². The van der Waals surface area contributed by atoms with Crippen LogP contribution in [0, 0.1) is 12.3 Å². The molecule has 0 aliphatic carbocycles. The van der Waals surface area contributed by atoms with Crippen molar-refractivity contribution in [1.29, 1.82) is 0 Å². The Morgan fingerprint density at radius 1 is 1.36 bits per heavy atom. The number of nitrogens with one attached hydrogen (secondary N) is 1. The third kappa shape index (κ3) is 3.54. The molecule has 3 amide bonds. The largest absolute Gasteiger partial charge is 0.342 e. The fourth-order valence-corrected chi connectivity index (χ4v) is 3.91. The zero-order chi connectivity index (χ0) is 19.7. The molecule has 0 radical (unpaired) electrons. The molecule has 2 saturated heterocycles. The van der Waals surface area contributed by atoms with Crippen LogP contribution < -0.4 is 5.32 Å². The second-order valence-electron chi connectivity index (χ2n) is 7.63. The molecular weight excluding hydrogens is 360 g/mol. The van der Waals surface area contributed by atoms with Crippen LogP contribution in [0.3, 0.4) is 0 Å². The summed E-state index contributed by atoms with van der Waals surface area (Å²) in [6.07, 6.45) is 2.17. The summed E-state index contributed by atoms with van der Waals surface area (Å²) in [6, 6.07) is 7.87. The lowest BCUT2D eigenvalue weighted by Crippen LogP contribution is -2.36. The van der Waals surface area contributed by atoms with Crippen LogP contribution in [-0.4, -0.2) is 45.9 Å². The maximum Gasteiger partial charge on any atom is 0.235 e. The summed E-state index contributed by atoms with van der Waals surface area (Å²) in [7, 11) is 0. The van der Waals surface area contributed by atoms with Crippen LogP contribution in [0.1, 0.15) is 37.1 Å². The Labute approximate surface area is 162 Å². The molecule has 1 aromatic heterocycles. The smallest absolute Gasteiger partial charge is 0.235 e. The normalized spacial score (nSPS) is 21.5. The second kappa shape index (κ2) is 7.18. The van der Waals surface area contributed by atoms with Crippen molar-refractivity contribution in [1.82, 2.24) is 20.4 Å². The van der Waals surface area contributed by atoms with Gasteiger partial charge in [-0.25, -0.2) is 0 Å². The van der Waals surface area contributed by atoms with Gasteiger partial charge in [-0.3, -0.25) is 19.7 Å². The van der Waals surface area contributed by atoms with Gasteiger partial charge in [-0.15, -0.1) is 0 Å². The monoisotopic (exact) mass is 382 g/mol. The second-order valence-corrected chi connectivity index (χ2v) is 7.63. The van der Waals surface area contributed by atoms with Gasteiger partial charge in [0.2, 0.25) is 29.4 Å². The van der Waals surface area contributed by atoms with Crippen LogP contribution in [0.25, 0.3) is 11.4 Å². The summed E-state index contributed by atoms with van der Waals surface area (Å²) in [6.45, 7) is 2.84. The number of imide groups is 1. The van der Waals surface area contributed by atoms with Gasteiger partial charge in [0, 0.05) is 37.9 Å². The molecule has 146 valence electrons. The number of aryl methyl sites for hydroxylation is 2. The first-order chi connectivity index (χ1) is 13.4. The first-order valence-corrected chi connectivity index (χ1v) is 9.47. The average molecular weight is 382 g/mol. The van der Waals surface area contributed by atoms with Gasteiger partial charge in [0.25, 0.3) is 0 Å². The van der Waals surface area contributed by atoms with Crippen LogP contribution in [-0.2, 0) is 20.8 Å². The van der Waals surface area contributed by atoms with Crippen LogP contribution >= 0.6 is 0 Å². The van der Waals surface area contributed by atoms with Gasteiger partial charge in [0.15, 0.2) is 0 Å². The van der Waals surface area contributed by atoms with Gasteiger partial charge in [-0.2, -0.15) is 4.98 Å². The predicted molar refractivity (Wildman–Crippen MR) is 98.8 cm³/mol. The van der Waals surface area contributed by atoms with E-state index in [1.807, 2.05) is 31.2 Å². The summed E-state index contributed by atoms with van der Waals surface area (Å²) in [5, 5.41) is 6.36. The number of hydrogen-bond donors (Lipinski definition) is 1. The van der Waals surface area contributed by atoms with Crippen LogP contribution in [0.5, 0.6) is 0 Å². The molecule has 1 atom stereocenters. The summed E-state index contributed by atoms with van der Waals surface area (Å²) >= 11 is 0. The number of benzene rings is 1. The zero-order valence-electron chi connectivity index (χ0n) is 15.7. The first-order valence-electron chi connectivity index (χ1n) is 9.47. The first kappa shape index (κ1) is 18.3. The summed E-state index contributed by atoms with van der Waals surface area (Å²) in [5.41, 5.74) is 1.30. The minimum atomic E-state index is -0.720. The van der Waals surface area contributed by atoms with E-state index in [4.69, 9.17) is 4.52 Å². The number of rotatable bonds is 5. The molecule has 1 spiro atoms. The number of carbonyl (C=O) groups excluding carboxylic acids is 3. The summed E-state index contributed by atoms with van der Waals surface area (Å²) < 4.78 is 5.29. The quantitative estimate of drug-likeness (QED) is 0.788. The third-order valence-corrected chi connectivity index (χ3v) is 5.47. The molecule has 1 N–H and O–H groups in total. The molecule has 0 bridgehead atoms. The van der Waals surface area contributed by atoms with Gasteiger partial charge in [-0.05, 0) is 25.8 Å². The predicted octanol–water partition coefficient (Wildman–Crippen LogP) is 1.63. The van der Waals surface area contributed by atoms with Crippen molar-refractivity contribution in [3.8, 4) is 11.4 Å². The molecule has 28 heavy (non-hydrogen) atoms. The molecule has 8 heteroatoms. The Morgan fingerprint density at radius 3 is 2.96 bits per heavy atom. The Balaban J connectivity index is 1.28. The highest BCUT2D eigenvalue weighted by atomic mass is 16.5. The van der Waals surface area contributed by atoms with Crippen molar-refractivity contribution in [2.24, 2.45) is 5.41 Å². The SMILES string of the molecule is Cc1cccc(-c2noc(CCCC(=O)N3CC[C@]4(CC(=O)NC4=O)C3)n2)c1. The number of aromatic nitrogens is 2.